The Bertz CT molecular complexity index is 865. The van der Waals surface area contributed by atoms with Gasteiger partial charge >= 0.3 is 11.6 Å². The van der Waals surface area contributed by atoms with E-state index < -0.39 is 23.1 Å². The van der Waals surface area contributed by atoms with Crippen LogP contribution in [-0.2, 0) is 0 Å². The Morgan fingerprint density at radius 1 is 1.00 bits per heavy atom. The summed E-state index contributed by atoms with van der Waals surface area (Å²) in [5.74, 6) is -1.66. The van der Waals surface area contributed by atoms with Crippen molar-refractivity contribution in [3.8, 4) is 11.5 Å². The molecule has 1 aromatic heterocycles. The number of esters is 1. The zero-order valence-corrected chi connectivity index (χ0v) is 10.8. The Morgan fingerprint density at radius 2 is 1.67 bits per heavy atom. The first-order valence-electron chi connectivity index (χ1n) is 6.19. The van der Waals surface area contributed by atoms with Crippen molar-refractivity contribution in [2.45, 2.75) is 0 Å². The lowest BCUT2D eigenvalue weighted by Crippen LogP contribution is -2.14. The van der Waals surface area contributed by atoms with Crippen LogP contribution in [0.1, 0.15) is 10.4 Å². The number of rotatable bonds is 2. The van der Waals surface area contributed by atoms with Gasteiger partial charge in [0.25, 0.3) is 5.75 Å². The van der Waals surface area contributed by atoms with E-state index in [0.29, 0.717) is 5.39 Å². The second-order valence-electron chi connectivity index (χ2n) is 4.32. The van der Waals surface area contributed by atoms with E-state index in [9.17, 15) is 14.7 Å². The van der Waals surface area contributed by atoms with Crippen LogP contribution in [0.3, 0.4) is 0 Å². The Morgan fingerprint density at radius 3 is 2.43 bits per heavy atom. The highest BCUT2D eigenvalue weighted by Crippen LogP contribution is 2.31. The number of carbonyl (C=O) groups is 1. The van der Waals surface area contributed by atoms with Gasteiger partial charge in [0.15, 0.2) is 5.75 Å². The molecule has 2 aromatic carbocycles. The van der Waals surface area contributed by atoms with Crippen LogP contribution >= 0.6 is 0 Å². The summed E-state index contributed by atoms with van der Waals surface area (Å²) in [4.78, 5) is 23.8. The standard InChI is InChI=1S/C16H10O5/c17-13-11-8-4-5-9-12(11)20-16(19)14(13)21-15(18)10-6-2-1-3-7-10/h1-9,17H. The largest absolute Gasteiger partial charge is 0.504 e. The predicted octanol–water partition coefficient (Wildman–Crippen LogP) is 2.72. The van der Waals surface area contributed by atoms with E-state index in [-0.39, 0.29) is 11.1 Å². The summed E-state index contributed by atoms with van der Waals surface area (Å²) in [5.41, 5.74) is -0.417. The maximum Gasteiger partial charge on any atom is 0.383 e. The minimum atomic E-state index is -0.907. The molecule has 1 N–H and O–H groups in total. The first-order chi connectivity index (χ1) is 10.2. The van der Waals surface area contributed by atoms with Gasteiger partial charge in [-0.25, -0.2) is 9.59 Å². The molecule has 1 heterocycles. The maximum atomic E-state index is 11.9. The van der Waals surface area contributed by atoms with E-state index in [1.807, 2.05) is 0 Å². The highest BCUT2D eigenvalue weighted by Gasteiger charge is 2.19. The van der Waals surface area contributed by atoms with E-state index in [0.717, 1.165) is 0 Å². The van der Waals surface area contributed by atoms with Gasteiger partial charge in [-0.2, -0.15) is 0 Å². The fourth-order valence-electron chi connectivity index (χ4n) is 1.93. The van der Waals surface area contributed by atoms with E-state index in [4.69, 9.17) is 9.15 Å². The average Bonchev–Trinajstić information content (AvgIpc) is 2.52. The van der Waals surface area contributed by atoms with Crippen molar-refractivity contribution in [3.05, 3.63) is 70.6 Å². The Balaban J connectivity index is 2.05. The lowest BCUT2D eigenvalue weighted by Gasteiger charge is -2.06. The van der Waals surface area contributed by atoms with Gasteiger partial charge in [0.1, 0.15) is 5.58 Å². The number of hydrogen-bond donors (Lipinski definition) is 1. The van der Waals surface area contributed by atoms with E-state index >= 15 is 0 Å². The van der Waals surface area contributed by atoms with Crippen LogP contribution in [0.2, 0.25) is 0 Å². The summed E-state index contributed by atoms with van der Waals surface area (Å²) >= 11 is 0. The van der Waals surface area contributed by atoms with Crippen LogP contribution in [0.25, 0.3) is 11.0 Å². The summed E-state index contributed by atoms with van der Waals surface area (Å²) in [5, 5.41) is 10.4. The van der Waals surface area contributed by atoms with Gasteiger partial charge in [0, 0.05) is 0 Å². The van der Waals surface area contributed by atoms with Crippen LogP contribution in [0.5, 0.6) is 11.5 Å². The molecule has 0 radical (unpaired) electrons. The van der Waals surface area contributed by atoms with Gasteiger partial charge in [0.2, 0.25) is 0 Å². The molecular formula is C16H10O5. The smallest absolute Gasteiger partial charge is 0.383 e. The van der Waals surface area contributed by atoms with E-state index in [1.54, 1.807) is 54.6 Å². The van der Waals surface area contributed by atoms with Crippen molar-refractivity contribution in [1.82, 2.24) is 0 Å². The summed E-state index contributed by atoms with van der Waals surface area (Å²) in [6.45, 7) is 0. The molecule has 0 amide bonds. The molecule has 5 heteroatoms. The molecule has 104 valence electrons. The molecule has 0 unspecified atom stereocenters. The molecule has 0 atom stereocenters. The maximum absolute atomic E-state index is 11.9. The molecule has 3 aromatic rings. The molecule has 0 saturated heterocycles. The van der Waals surface area contributed by atoms with Crippen LogP contribution in [0, 0.1) is 0 Å². The summed E-state index contributed by atoms with van der Waals surface area (Å²) in [7, 11) is 0. The molecule has 3 rings (SSSR count). The molecule has 21 heavy (non-hydrogen) atoms. The minimum Gasteiger partial charge on any atom is -0.504 e. The van der Waals surface area contributed by atoms with Crippen molar-refractivity contribution in [3.63, 3.8) is 0 Å². The monoisotopic (exact) mass is 282 g/mol. The first kappa shape index (κ1) is 12.9. The van der Waals surface area contributed by atoms with Gasteiger partial charge < -0.3 is 14.3 Å². The number of para-hydroxylation sites is 1. The Labute approximate surface area is 119 Å². The number of hydrogen-bond acceptors (Lipinski definition) is 5. The molecule has 0 fully saturated rings. The van der Waals surface area contributed by atoms with Crippen LogP contribution < -0.4 is 10.4 Å². The fourth-order valence-corrected chi connectivity index (χ4v) is 1.93. The van der Waals surface area contributed by atoms with Gasteiger partial charge in [-0.05, 0) is 24.3 Å². The Kier molecular flexibility index (Phi) is 3.16. The third-order valence-electron chi connectivity index (χ3n) is 2.95. The topological polar surface area (TPSA) is 76.7 Å². The number of ether oxygens (including phenoxy) is 1. The second kappa shape index (κ2) is 5.13. The summed E-state index contributed by atoms with van der Waals surface area (Å²) in [6, 6.07) is 14.6. The third-order valence-corrected chi connectivity index (χ3v) is 2.95. The van der Waals surface area contributed by atoms with Crippen LogP contribution in [0.4, 0.5) is 0 Å². The highest BCUT2D eigenvalue weighted by molar-refractivity contribution is 5.92. The zero-order chi connectivity index (χ0) is 14.8. The molecule has 5 nitrogen and oxygen atoms in total. The molecule has 0 bridgehead atoms. The van der Waals surface area contributed by atoms with Crippen molar-refractivity contribution >= 4 is 16.9 Å². The highest BCUT2D eigenvalue weighted by atomic mass is 16.6. The normalized spacial score (nSPS) is 10.5. The molecule has 0 aliphatic rings. The van der Waals surface area contributed by atoms with Crippen molar-refractivity contribution in [1.29, 1.82) is 0 Å². The van der Waals surface area contributed by atoms with Gasteiger partial charge in [-0.15, -0.1) is 0 Å². The summed E-state index contributed by atoms with van der Waals surface area (Å²) < 4.78 is 9.99. The molecule has 0 spiro atoms. The molecular weight excluding hydrogens is 272 g/mol. The first-order valence-corrected chi connectivity index (χ1v) is 6.19. The summed E-state index contributed by atoms with van der Waals surface area (Å²) in [6.07, 6.45) is 0. The number of benzene rings is 2. The lowest BCUT2D eigenvalue weighted by molar-refractivity contribution is 0.0723. The predicted molar refractivity (Wildman–Crippen MR) is 75.5 cm³/mol. The molecule has 0 aliphatic heterocycles. The SMILES string of the molecule is O=C(Oc1c(O)c2ccccc2oc1=O)c1ccccc1. The van der Waals surface area contributed by atoms with E-state index in [1.165, 1.54) is 0 Å². The van der Waals surface area contributed by atoms with Crippen molar-refractivity contribution in [2.24, 2.45) is 0 Å². The lowest BCUT2D eigenvalue weighted by atomic mass is 10.2. The zero-order valence-electron chi connectivity index (χ0n) is 10.8. The van der Waals surface area contributed by atoms with Gasteiger partial charge in [-0.3, -0.25) is 0 Å². The number of carbonyl (C=O) groups excluding carboxylic acids is 1. The van der Waals surface area contributed by atoms with Gasteiger partial charge in [0.05, 0.1) is 10.9 Å². The van der Waals surface area contributed by atoms with Crippen LogP contribution in [0.15, 0.2) is 63.8 Å². The fraction of sp³-hybridized carbons (Fsp3) is 0. The Hall–Kier alpha value is -3.08. The third kappa shape index (κ3) is 2.36. The molecule has 0 aliphatic carbocycles. The number of aromatic hydroxyl groups is 1. The number of fused-ring (bicyclic) bond motifs is 1. The average molecular weight is 282 g/mol. The van der Waals surface area contributed by atoms with Crippen molar-refractivity contribution < 1.29 is 19.1 Å². The van der Waals surface area contributed by atoms with Gasteiger partial charge in [-0.1, -0.05) is 30.3 Å². The van der Waals surface area contributed by atoms with E-state index in [2.05, 4.69) is 0 Å². The van der Waals surface area contributed by atoms with Crippen molar-refractivity contribution in [2.75, 3.05) is 0 Å². The quantitative estimate of drug-likeness (QED) is 0.577. The molecule has 0 saturated carbocycles. The van der Waals surface area contributed by atoms with Crippen LogP contribution in [-0.4, -0.2) is 11.1 Å². The minimum absolute atomic E-state index is 0.222. The second-order valence-corrected chi connectivity index (χ2v) is 4.32.